The van der Waals surface area contributed by atoms with Crippen molar-refractivity contribution in [3.8, 4) is 11.5 Å². The molecule has 0 saturated carbocycles. The first-order valence-corrected chi connectivity index (χ1v) is 10.1. The van der Waals surface area contributed by atoms with E-state index in [9.17, 15) is 4.79 Å². The van der Waals surface area contributed by atoms with Crippen LogP contribution in [-0.4, -0.2) is 10.9 Å². The van der Waals surface area contributed by atoms with E-state index in [1.54, 1.807) is 36.5 Å². The Hall–Kier alpha value is -3.83. The Morgan fingerprint density at radius 1 is 0.903 bits per heavy atom. The molecule has 4 rings (SSSR count). The van der Waals surface area contributed by atoms with E-state index < -0.39 is 0 Å². The van der Waals surface area contributed by atoms with Crippen molar-refractivity contribution in [2.75, 3.05) is 10.6 Å². The molecule has 0 aliphatic rings. The van der Waals surface area contributed by atoms with Crippen LogP contribution in [0.2, 0.25) is 5.02 Å². The molecule has 1 amide bonds. The van der Waals surface area contributed by atoms with Crippen molar-refractivity contribution in [1.82, 2.24) is 4.98 Å². The third-order valence-electron chi connectivity index (χ3n) is 4.58. The van der Waals surface area contributed by atoms with E-state index in [0.717, 1.165) is 17.0 Å². The van der Waals surface area contributed by atoms with Gasteiger partial charge >= 0.3 is 0 Å². The second-order valence-electron chi connectivity index (χ2n) is 6.88. The number of carbonyl (C=O) groups excluding carboxylic acids is 1. The normalized spacial score (nSPS) is 10.4. The van der Waals surface area contributed by atoms with Gasteiger partial charge in [0.25, 0.3) is 5.91 Å². The summed E-state index contributed by atoms with van der Waals surface area (Å²) in [4.78, 5) is 17.3. The van der Waals surface area contributed by atoms with Crippen molar-refractivity contribution in [1.29, 1.82) is 0 Å². The van der Waals surface area contributed by atoms with E-state index >= 15 is 0 Å². The van der Waals surface area contributed by atoms with Crippen LogP contribution < -0.4 is 15.4 Å². The third kappa shape index (κ3) is 5.21. The lowest BCUT2D eigenvalue weighted by Gasteiger charge is -2.13. The topological polar surface area (TPSA) is 63.2 Å². The average molecular weight is 430 g/mol. The fraction of sp³-hybridized carbons (Fsp3) is 0.0400. The van der Waals surface area contributed by atoms with Crippen LogP contribution in [-0.2, 0) is 0 Å². The highest BCUT2D eigenvalue weighted by molar-refractivity contribution is 6.30. The maximum atomic E-state index is 13.0. The predicted molar refractivity (Wildman–Crippen MR) is 125 cm³/mol. The quantitative estimate of drug-likeness (QED) is 0.352. The van der Waals surface area contributed by atoms with Crippen LogP contribution >= 0.6 is 11.6 Å². The lowest BCUT2D eigenvalue weighted by molar-refractivity contribution is 0.102. The van der Waals surface area contributed by atoms with Crippen LogP contribution in [0.4, 0.5) is 17.2 Å². The first-order valence-electron chi connectivity index (χ1n) is 9.71. The molecular weight excluding hydrogens is 410 g/mol. The van der Waals surface area contributed by atoms with E-state index in [1.165, 1.54) is 0 Å². The molecule has 0 radical (unpaired) electrons. The van der Waals surface area contributed by atoms with E-state index in [2.05, 4.69) is 15.6 Å². The number of halogens is 1. The molecule has 31 heavy (non-hydrogen) atoms. The van der Waals surface area contributed by atoms with Gasteiger partial charge in [-0.25, -0.2) is 4.98 Å². The lowest BCUT2D eigenvalue weighted by atomic mass is 10.1. The molecule has 0 bridgehead atoms. The summed E-state index contributed by atoms with van der Waals surface area (Å²) in [6.45, 7) is 1.96. The van der Waals surface area contributed by atoms with Gasteiger partial charge in [-0.3, -0.25) is 4.79 Å². The fourth-order valence-corrected chi connectivity index (χ4v) is 3.18. The SMILES string of the molecule is Cc1ccc(Cl)cc1Nc1ncccc1C(=O)Nc1cccc(Oc2ccccc2)c1. The van der Waals surface area contributed by atoms with Crippen LogP contribution in [0.3, 0.4) is 0 Å². The molecular formula is C25H20ClN3O2. The largest absolute Gasteiger partial charge is 0.457 e. The maximum Gasteiger partial charge on any atom is 0.259 e. The van der Waals surface area contributed by atoms with Gasteiger partial charge in [-0.05, 0) is 61.0 Å². The summed E-state index contributed by atoms with van der Waals surface area (Å²) in [6, 6.07) is 25.7. The standard InChI is InChI=1S/C25H20ClN3O2/c1-17-12-13-18(26)15-23(17)29-24-22(11-6-14-27-24)25(30)28-19-7-5-10-21(16-19)31-20-8-3-2-4-9-20/h2-16H,1H3,(H,27,29)(H,28,30). The van der Waals surface area contributed by atoms with Gasteiger partial charge in [0.2, 0.25) is 0 Å². The molecule has 1 heterocycles. The van der Waals surface area contributed by atoms with Gasteiger partial charge in [-0.1, -0.05) is 41.9 Å². The van der Waals surface area contributed by atoms with Crippen LogP contribution in [0.25, 0.3) is 0 Å². The summed E-state index contributed by atoms with van der Waals surface area (Å²) >= 11 is 6.11. The van der Waals surface area contributed by atoms with Crippen LogP contribution in [0.5, 0.6) is 11.5 Å². The van der Waals surface area contributed by atoms with E-state index in [4.69, 9.17) is 16.3 Å². The highest BCUT2D eigenvalue weighted by atomic mass is 35.5. The summed E-state index contributed by atoms with van der Waals surface area (Å²) < 4.78 is 5.84. The van der Waals surface area contributed by atoms with E-state index in [-0.39, 0.29) is 5.91 Å². The molecule has 0 atom stereocenters. The highest BCUT2D eigenvalue weighted by Gasteiger charge is 2.14. The van der Waals surface area contributed by atoms with Gasteiger partial charge in [0, 0.05) is 28.7 Å². The summed E-state index contributed by atoms with van der Waals surface area (Å²) in [7, 11) is 0. The molecule has 0 aliphatic heterocycles. The number of benzene rings is 3. The van der Waals surface area contributed by atoms with Crippen molar-refractivity contribution >= 4 is 34.7 Å². The fourth-order valence-electron chi connectivity index (χ4n) is 3.00. The minimum atomic E-state index is -0.285. The monoisotopic (exact) mass is 429 g/mol. The number of amides is 1. The molecule has 0 fully saturated rings. The number of anilines is 3. The Labute approximate surface area is 185 Å². The molecule has 6 heteroatoms. The Morgan fingerprint density at radius 3 is 2.55 bits per heavy atom. The van der Waals surface area contributed by atoms with E-state index in [0.29, 0.717) is 27.8 Å². The molecule has 1 aromatic heterocycles. The Balaban J connectivity index is 1.53. The average Bonchev–Trinajstić information content (AvgIpc) is 2.77. The second kappa shape index (κ2) is 9.32. The summed E-state index contributed by atoms with van der Waals surface area (Å²) in [5.74, 6) is 1.51. The van der Waals surface area contributed by atoms with Crippen LogP contribution in [0.1, 0.15) is 15.9 Å². The molecule has 154 valence electrons. The minimum Gasteiger partial charge on any atom is -0.457 e. The first kappa shape index (κ1) is 20.4. The van der Waals surface area contributed by atoms with Crippen molar-refractivity contribution in [3.05, 3.63) is 107 Å². The predicted octanol–water partition coefficient (Wildman–Crippen LogP) is 6.83. The van der Waals surface area contributed by atoms with Crippen molar-refractivity contribution < 1.29 is 9.53 Å². The molecule has 0 unspecified atom stereocenters. The summed E-state index contributed by atoms with van der Waals surface area (Å²) in [5.41, 5.74) is 2.81. The zero-order chi connectivity index (χ0) is 21.6. The van der Waals surface area contributed by atoms with E-state index in [1.807, 2.05) is 61.5 Å². The minimum absolute atomic E-state index is 0.285. The number of pyridine rings is 1. The molecule has 2 N–H and O–H groups in total. The van der Waals surface area contributed by atoms with Crippen molar-refractivity contribution in [2.24, 2.45) is 0 Å². The van der Waals surface area contributed by atoms with Crippen molar-refractivity contribution in [2.45, 2.75) is 6.92 Å². The van der Waals surface area contributed by atoms with Gasteiger partial charge in [0.05, 0.1) is 5.56 Å². The number of hydrogen-bond acceptors (Lipinski definition) is 4. The number of hydrogen-bond donors (Lipinski definition) is 2. The number of para-hydroxylation sites is 1. The number of carbonyl (C=O) groups is 1. The molecule has 3 aromatic carbocycles. The molecule has 0 aliphatic carbocycles. The number of nitrogens with zero attached hydrogens (tertiary/aromatic N) is 1. The zero-order valence-electron chi connectivity index (χ0n) is 16.8. The van der Waals surface area contributed by atoms with Gasteiger partial charge in [0.1, 0.15) is 17.3 Å². The first-order chi connectivity index (χ1) is 15.1. The smallest absolute Gasteiger partial charge is 0.259 e. The van der Waals surface area contributed by atoms with Crippen molar-refractivity contribution in [3.63, 3.8) is 0 Å². The number of aryl methyl sites for hydroxylation is 1. The number of aromatic nitrogens is 1. The molecule has 4 aromatic rings. The Bertz CT molecular complexity index is 1210. The Kier molecular flexibility index (Phi) is 6.15. The van der Waals surface area contributed by atoms with Gasteiger partial charge in [0.15, 0.2) is 0 Å². The lowest BCUT2D eigenvalue weighted by Crippen LogP contribution is -2.14. The Morgan fingerprint density at radius 2 is 1.71 bits per heavy atom. The van der Waals surface area contributed by atoms with Crippen LogP contribution in [0, 0.1) is 6.92 Å². The maximum absolute atomic E-state index is 13.0. The molecule has 5 nitrogen and oxygen atoms in total. The third-order valence-corrected chi connectivity index (χ3v) is 4.81. The summed E-state index contributed by atoms with van der Waals surface area (Å²) in [5, 5.41) is 6.72. The second-order valence-corrected chi connectivity index (χ2v) is 7.32. The highest BCUT2D eigenvalue weighted by Crippen LogP contribution is 2.27. The molecule has 0 spiro atoms. The number of rotatable bonds is 6. The number of nitrogens with one attached hydrogen (secondary N) is 2. The molecule has 0 saturated heterocycles. The van der Waals surface area contributed by atoms with Crippen LogP contribution in [0.15, 0.2) is 91.1 Å². The van der Waals surface area contributed by atoms with Gasteiger partial charge in [-0.15, -0.1) is 0 Å². The zero-order valence-corrected chi connectivity index (χ0v) is 17.6. The summed E-state index contributed by atoms with van der Waals surface area (Å²) in [6.07, 6.45) is 1.63. The van der Waals surface area contributed by atoms with Gasteiger partial charge in [-0.2, -0.15) is 0 Å². The van der Waals surface area contributed by atoms with Gasteiger partial charge < -0.3 is 15.4 Å². The number of ether oxygens (including phenoxy) is 1.